The number of para-hydroxylation sites is 1. The summed E-state index contributed by atoms with van der Waals surface area (Å²) >= 11 is 1.28. The fourth-order valence-corrected chi connectivity index (χ4v) is 3.58. The van der Waals surface area contributed by atoms with Crippen molar-refractivity contribution < 1.29 is 9.53 Å². The number of methoxy groups -OCH3 is 1. The van der Waals surface area contributed by atoms with Gasteiger partial charge in [0.25, 0.3) is 5.56 Å². The average molecular weight is 398 g/mol. The van der Waals surface area contributed by atoms with E-state index in [4.69, 9.17) is 4.74 Å². The molecule has 2 aromatic carbocycles. The van der Waals surface area contributed by atoms with Crippen LogP contribution < -0.4 is 15.6 Å². The van der Waals surface area contributed by atoms with E-state index in [1.54, 1.807) is 17.7 Å². The molecule has 0 fully saturated rings. The van der Waals surface area contributed by atoms with E-state index in [0.717, 1.165) is 17.7 Å². The number of hydrogen-bond acceptors (Lipinski definition) is 5. The highest BCUT2D eigenvalue weighted by molar-refractivity contribution is 7.99. The molecule has 0 aliphatic rings. The second-order valence-corrected chi connectivity index (χ2v) is 7.23. The summed E-state index contributed by atoms with van der Waals surface area (Å²) < 4.78 is 6.82. The lowest BCUT2D eigenvalue weighted by atomic mass is 10.2. The molecular weight excluding hydrogens is 374 g/mol. The van der Waals surface area contributed by atoms with E-state index in [1.165, 1.54) is 11.8 Å². The molecule has 1 aromatic heterocycles. The summed E-state index contributed by atoms with van der Waals surface area (Å²) in [5, 5.41) is 3.95. The summed E-state index contributed by atoms with van der Waals surface area (Å²) in [5.74, 6) is 0.910. The minimum Gasteiger partial charge on any atom is -0.497 e. The first kappa shape index (κ1) is 19.9. The molecule has 146 valence electrons. The first-order chi connectivity index (χ1) is 13.6. The molecule has 0 bridgehead atoms. The molecule has 7 heteroatoms. The predicted molar refractivity (Wildman–Crippen MR) is 112 cm³/mol. The maximum Gasteiger partial charge on any atom is 0.262 e. The highest BCUT2D eigenvalue weighted by Crippen LogP contribution is 2.20. The Bertz CT molecular complexity index is 1020. The van der Waals surface area contributed by atoms with Gasteiger partial charge in [0.2, 0.25) is 5.91 Å². The van der Waals surface area contributed by atoms with Crippen LogP contribution in [-0.4, -0.2) is 34.9 Å². The van der Waals surface area contributed by atoms with E-state index in [1.807, 2.05) is 49.4 Å². The fourth-order valence-electron chi connectivity index (χ4n) is 2.76. The Hall–Kier alpha value is -2.80. The molecule has 1 N–H and O–H groups in total. The lowest BCUT2D eigenvalue weighted by molar-refractivity contribution is -0.118. The van der Waals surface area contributed by atoms with Crippen LogP contribution in [0.4, 0.5) is 0 Å². The molecule has 3 rings (SSSR count). The molecule has 0 saturated heterocycles. The zero-order chi connectivity index (χ0) is 19.9. The van der Waals surface area contributed by atoms with E-state index >= 15 is 0 Å². The van der Waals surface area contributed by atoms with E-state index in [0.29, 0.717) is 29.1 Å². The minimum absolute atomic E-state index is 0.0646. The van der Waals surface area contributed by atoms with Crippen LogP contribution in [0.5, 0.6) is 5.75 Å². The second kappa shape index (κ2) is 9.41. The molecule has 0 spiro atoms. The van der Waals surface area contributed by atoms with Crippen molar-refractivity contribution in [2.45, 2.75) is 25.0 Å². The number of hydrogen-bond donors (Lipinski definition) is 1. The van der Waals surface area contributed by atoms with Gasteiger partial charge < -0.3 is 10.1 Å². The van der Waals surface area contributed by atoms with Crippen LogP contribution in [0.1, 0.15) is 18.9 Å². The highest BCUT2D eigenvalue weighted by atomic mass is 32.2. The smallest absolute Gasteiger partial charge is 0.262 e. The normalized spacial score (nSPS) is 10.8. The zero-order valence-corrected chi connectivity index (χ0v) is 16.8. The molecule has 0 aliphatic carbocycles. The molecule has 1 heterocycles. The summed E-state index contributed by atoms with van der Waals surface area (Å²) in [7, 11) is 1.62. The monoisotopic (exact) mass is 397 g/mol. The van der Waals surface area contributed by atoms with Crippen LogP contribution in [0.3, 0.4) is 0 Å². The van der Waals surface area contributed by atoms with Crippen molar-refractivity contribution >= 4 is 28.6 Å². The molecule has 1 amide bonds. The van der Waals surface area contributed by atoms with Gasteiger partial charge in [-0.1, -0.05) is 43.0 Å². The Morgan fingerprint density at radius 1 is 1.18 bits per heavy atom. The summed E-state index contributed by atoms with van der Waals surface area (Å²) in [6.45, 7) is 3.02. The number of amides is 1. The standard InChI is InChI=1S/C21H23N3O3S/c1-3-12-22-19(25)14-28-21-23-18-7-5-4-6-17(18)20(26)24(21)13-15-8-10-16(27-2)11-9-15/h4-11H,3,12-14H2,1-2H3,(H,22,25). The van der Waals surface area contributed by atoms with Gasteiger partial charge in [0.05, 0.1) is 30.3 Å². The van der Waals surface area contributed by atoms with Gasteiger partial charge in [-0.15, -0.1) is 0 Å². The van der Waals surface area contributed by atoms with Crippen molar-refractivity contribution in [2.24, 2.45) is 0 Å². The van der Waals surface area contributed by atoms with Gasteiger partial charge in [0.15, 0.2) is 5.16 Å². The number of ether oxygens (including phenoxy) is 1. The lowest BCUT2D eigenvalue weighted by Crippen LogP contribution is -2.27. The number of fused-ring (bicyclic) bond motifs is 1. The van der Waals surface area contributed by atoms with Gasteiger partial charge in [0, 0.05) is 6.54 Å². The maximum absolute atomic E-state index is 13.1. The van der Waals surface area contributed by atoms with Gasteiger partial charge in [-0.3, -0.25) is 14.2 Å². The van der Waals surface area contributed by atoms with Gasteiger partial charge in [-0.25, -0.2) is 4.98 Å². The van der Waals surface area contributed by atoms with Gasteiger partial charge in [-0.2, -0.15) is 0 Å². The van der Waals surface area contributed by atoms with E-state index in [9.17, 15) is 9.59 Å². The van der Waals surface area contributed by atoms with Crippen LogP contribution in [0.2, 0.25) is 0 Å². The van der Waals surface area contributed by atoms with Crippen molar-refractivity contribution in [3.8, 4) is 5.75 Å². The van der Waals surface area contributed by atoms with E-state index in [2.05, 4.69) is 10.3 Å². The summed E-state index contributed by atoms with van der Waals surface area (Å²) in [6.07, 6.45) is 0.882. The van der Waals surface area contributed by atoms with Crippen LogP contribution >= 0.6 is 11.8 Å². The Labute approximate surface area is 167 Å². The van der Waals surface area contributed by atoms with Gasteiger partial charge in [0.1, 0.15) is 5.75 Å². The number of thioether (sulfide) groups is 1. The number of rotatable bonds is 8. The summed E-state index contributed by atoms with van der Waals surface area (Å²) in [6, 6.07) is 14.8. The van der Waals surface area contributed by atoms with Crippen molar-refractivity contribution in [1.82, 2.24) is 14.9 Å². The third-order valence-corrected chi connectivity index (χ3v) is 5.21. The first-order valence-electron chi connectivity index (χ1n) is 9.14. The number of nitrogens with zero attached hydrogens (tertiary/aromatic N) is 2. The Kier molecular flexibility index (Phi) is 6.71. The van der Waals surface area contributed by atoms with Crippen LogP contribution in [0.25, 0.3) is 10.9 Å². The third kappa shape index (κ3) is 4.72. The number of carbonyl (C=O) groups is 1. The summed E-state index contributed by atoms with van der Waals surface area (Å²) in [5.41, 5.74) is 1.48. The molecule has 0 aliphatic heterocycles. The van der Waals surface area contributed by atoms with Gasteiger partial charge >= 0.3 is 0 Å². The lowest BCUT2D eigenvalue weighted by Gasteiger charge is -2.13. The quantitative estimate of drug-likeness (QED) is 0.467. The van der Waals surface area contributed by atoms with Crippen LogP contribution in [-0.2, 0) is 11.3 Å². The Balaban J connectivity index is 1.93. The minimum atomic E-state index is -0.113. The fraction of sp³-hybridized carbons (Fsp3) is 0.286. The molecule has 0 saturated carbocycles. The number of nitrogens with one attached hydrogen (secondary N) is 1. The molecule has 0 radical (unpaired) electrons. The molecule has 0 unspecified atom stereocenters. The largest absolute Gasteiger partial charge is 0.497 e. The number of carbonyl (C=O) groups excluding carboxylic acids is 1. The second-order valence-electron chi connectivity index (χ2n) is 6.29. The molecular formula is C21H23N3O3S. The number of benzene rings is 2. The molecule has 0 atom stereocenters. The van der Waals surface area contributed by atoms with Crippen LogP contribution in [0, 0.1) is 0 Å². The van der Waals surface area contributed by atoms with Crippen molar-refractivity contribution in [1.29, 1.82) is 0 Å². The molecule has 28 heavy (non-hydrogen) atoms. The maximum atomic E-state index is 13.1. The van der Waals surface area contributed by atoms with Crippen molar-refractivity contribution in [3.63, 3.8) is 0 Å². The van der Waals surface area contributed by atoms with Crippen LogP contribution in [0.15, 0.2) is 58.5 Å². The van der Waals surface area contributed by atoms with Gasteiger partial charge in [-0.05, 0) is 36.2 Å². The first-order valence-corrected chi connectivity index (χ1v) is 10.1. The Morgan fingerprint density at radius 2 is 1.93 bits per heavy atom. The molecule has 3 aromatic rings. The molecule has 6 nitrogen and oxygen atoms in total. The zero-order valence-electron chi connectivity index (χ0n) is 16.0. The average Bonchev–Trinajstić information content (AvgIpc) is 2.73. The van der Waals surface area contributed by atoms with E-state index < -0.39 is 0 Å². The highest BCUT2D eigenvalue weighted by Gasteiger charge is 2.13. The van der Waals surface area contributed by atoms with Crippen molar-refractivity contribution in [3.05, 3.63) is 64.4 Å². The van der Waals surface area contributed by atoms with E-state index in [-0.39, 0.29) is 17.2 Å². The summed E-state index contributed by atoms with van der Waals surface area (Å²) in [4.78, 5) is 29.7. The Morgan fingerprint density at radius 3 is 2.64 bits per heavy atom. The predicted octanol–water partition coefficient (Wildman–Crippen LogP) is 3.07. The topological polar surface area (TPSA) is 73.2 Å². The SMILES string of the molecule is CCCNC(=O)CSc1nc2ccccc2c(=O)n1Cc1ccc(OC)cc1. The number of aromatic nitrogens is 2. The van der Waals surface area contributed by atoms with Crippen molar-refractivity contribution in [2.75, 3.05) is 19.4 Å². The third-order valence-electron chi connectivity index (χ3n) is 4.23.